The minimum atomic E-state index is 0.657. The second kappa shape index (κ2) is 5.52. The van der Waals surface area contributed by atoms with Gasteiger partial charge in [0.05, 0.1) is 19.9 Å². The molecule has 0 saturated carbocycles. The maximum absolute atomic E-state index is 5.21. The lowest BCUT2D eigenvalue weighted by Gasteiger charge is -2.03. The van der Waals surface area contributed by atoms with Gasteiger partial charge in [-0.05, 0) is 29.8 Å². The first-order chi connectivity index (χ1) is 9.85. The van der Waals surface area contributed by atoms with E-state index in [9.17, 15) is 0 Å². The van der Waals surface area contributed by atoms with E-state index < -0.39 is 0 Å². The fourth-order valence-electron chi connectivity index (χ4n) is 1.98. The fraction of sp³-hybridized carbons (Fsp3) is 0.133. The van der Waals surface area contributed by atoms with E-state index in [1.165, 1.54) is 0 Å². The predicted octanol–water partition coefficient (Wildman–Crippen LogP) is 2.40. The summed E-state index contributed by atoms with van der Waals surface area (Å²) in [6, 6.07) is 11.8. The van der Waals surface area contributed by atoms with Gasteiger partial charge in [0.2, 0.25) is 0 Å². The lowest BCUT2D eigenvalue weighted by atomic mass is 10.2. The molecule has 0 N–H and O–H groups in total. The number of methoxy groups -OCH3 is 1. The first-order valence-corrected chi connectivity index (χ1v) is 6.28. The molecule has 0 unspecified atom stereocenters. The van der Waals surface area contributed by atoms with Crippen molar-refractivity contribution >= 4 is 0 Å². The SMILES string of the molecule is COc1cccc(Cn2cc(-c3cccnc3)nn2)c1. The van der Waals surface area contributed by atoms with Crippen molar-refractivity contribution in [3.8, 4) is 17.0 Å². The van der Waals surface area contributed by atoms with Crippen LogP contribution in [0.5, 0.6) is 5.75 Å². The smallest absolute Gasteiger partial charge is 0.119 e. The van der Waals surface area contributed by atoms with Crippen LogP contribution in [0.25, 0.3) is 11.3 Å². The molecule has 100 valence electrons. The molecule has 0 radical (unpaired) electrons. The van der Waals surface area contributed by atoms with E-state index in [0.29, 0.717) is 6.54 Å². The van der Waals surface area contributed by atoms with Crippen molar-refractivity contribution in [1.82, 2.24) is 20.0 Å². The van der Waals surface area contributed by atoms with Gasteiger partial charge in [-0.1, -0.05) is 17.3 Å². The van der Waals surface area contributed by atoms with E-state index in [-0.39, 0.29) is 0 Å². The van der Waals surface area contributed by atoms with Crippen LogP contribution in [0.2, 0.25) is 0 Å². The summed E-state index contributed by atoms with van der Waals surface area (Å²) in [6.45, 7) is 0.657. The van der Waals surface area contributed by atoms with Crippen LogP contribution in [0.1, 0.15) is 5.56 Å². The van der Waals surface area contributed by atoms with E-state index in [1.807, 2.05) is 42.6 Å². The minimum Gasteiger partial charge on any atom is -0.497 e. The normalized spacial score (nSPS) is 10.4. The maximum Gasteiger partial charge on any atom is 0.119 e. The quantitative estimate of drug-likeness (QED) is 0.727. The molecule has 3 rings (SSSR count). The lowest BCUT2D eigenvalue weighted by molar-refractivity contribution is 0.414. The monoisotopic (exact) mass is 266 g/mol. The molecule has 0 spiro atoms. The lowest BCUT2D eigenvalue weighted by Crippen LogP contribution is -2.00. The molecule has 0 aliphatic carbocycles. The summed E-state index contributed by atoms with van der Waals surface area (Å²) in [5.74, 6) is 0.843. The summed E-state index contributed by atoms with van der Waals surface area (Å²) >= 11 is 0. The number of benzene rings is 1. The molecule has 0 aliphatic heterocycles. The van der Waals surface area contributed by atoms with Crippen LogP contribution in [-0.4, -0.2) is 27.1 Å². The molecule has 0 saturated heterocycles. The van der Waals surface area contributed by atoms with Crippen molar-refractivity contribution in [3.05, 3.63) is 60.6 Å². The number of ether oxygens (including phenoxy) is 1. The van der Waals surface area contributed by atoms with E-state index in [1.54, 1.807) is 24.2 Å². The minimum absolute atomic E-state index is 0.657. The molecule has 2 aromatic heterocycles. The topological polar surface area (TPSA) is 52.8 Å². The number of hydrogen-bond acceptors (Lipinski definition) is 4. The van der Waals surface area contributed by atoms with Crippen LogP contribution in [0, 0.1) is 0 Å². The van der Waals surface area contributed by atoms with Crippen molar-refractivity contribution in [2.24, 2.45) is 0 Å². The Bertz CT molecular complexity index is 694. The Balaban J connectivity index is 1.80. The third-order valence-corrected chi connectivity index (χ3v) is 2.97. The Morgan fingerprint density at radius 1 is 1.20 bits per heavy atom. The summed E-state index contributed by atoms with van der Waals surface area (Å²) in [4.78, 5) is 4.08. The van der Waals surface area contributed by atoms with Gasteiger partial charge < -0.3 is 4.74 Å². The highest BCUT2D eigenvalue weighted by Crippen LogP contribution is 2.16. The van der Waals surface area contributed by atoms with Crippen molar-refractivity contribution in [3.63, 3.8) is 0 Å². The standard InChI is InChI=1S/C15H14N4O/c1-20-14-6-2-4-12(8-14)10-19-11-15(17-18-19)13-5-3-7-16-9-13/h2-9,11H,10H2,1H3. The first kappa shape index (κ1) is 12.3. The molecule has 5 nitrogen and oxygen atoms in total. The highest BCUT2D eigenvalue weighted by atomic mass is 16.5. The Morgan fingerprint density at radius 2 is 2.15 bits per heavy atom. The number of hydrogen-bond donors (Lipinski definition) is 0. The summed E-state index contributed by atoms with van der Waals surface area (Å²) in [7, 11) is 1.66. The third kappa shape index (κ3) is 2.66. The molecule has 1 aromatic carbocycles. The molecule has 5 heteroatoms. The van der Waals surface area contributed by atoms with E-state index >= 15 is 0 Å². The second-order valence-electron chi connectivity index (χ2n) is 4.39. The van der Waals surface area contributed by atoms with Gasteiger partial charge >= 0.3 is 0 Å². The average Bonchev–Trinajstić information content (AvgIpc) is 2.97. The molecule has 0 fully saturated rings. The maximum atomic E-state index is 5.21. The van der Waals surface area contributed by atoms with Crippen LogP contribution >= 0.6 is 0 Å². The average molecular weight is 266 g/mol. The van der Waals surface area contributed by atoms with E-state index in [2.05, 4.69) is 15.3 Å². The second-order valence-corrected chi connectivity index (χ2v) is 4.39. The number of nitrogens with zero attached hydrogens (tertiary/aromatic N) is 4. The van der Waals surface area contributed by atoms with E-state index in [0.717, 1.165) is 22.6 Å². The number of aromatic nitrogens is 4. The zero-order valence-corrected chi connectivity index (χ0v) is 11.1. The molecular formula is C15H14N4O. The summed E-state index contributed by atoms with van der Waals surface area (Å²) in [5, 5.41) is 8.31. The fourth-order valence-corrected chi connectivity index (χ4v) is 1.98. The molecular weight excluding hydrogens is 252 g/mol. The van der Waals surface area contributed by atoms with Gasteiger partial charge in [0, 0.05) is 18.0 Å². The van der Waals surface area contributed by atoms with Gasteiger partial charge in [0.15, 0.2) is 0 Å². The molecule has 0 amide bonds. The third-order valence-electron chi connectivity index (χ3n) is 2.97. The number of pyridine rings is 1. The molecule has 3 aromatic rings. The van der Waals surface area contributed by atoms with Gasteiger partial charge in [-0.25, -0.2) is 4.68 Å². The van der Waals surface area contributed by atoms with E-state index in [4.69, 9.17) is 4.74 Å². The van der Waals surface area contributed by atoms with Crippen LogP contribution in [0.15, 0.2) is 55.0 Å². The molecule has 0 aliphatic rings. The van der Waals surface area contributed by atoms with Crippen molar-refractivity contribution in [2.45, 2.75) is 6.54 Å². The summed E-state index contributed by atoms with van der Waals surface area (Å²) in [5.41, 5.74) is 2.90. The molecule has 0 bridgehead atoms. The zero-order chi connectivity index (χ0) is 13.8. The zero-order valence-electron chi connectivity index (χ0n) is 11.1. The van der Waals surface area contributed by atoms with Crippen LogP contribution in [0.4, 0.5) is 0 Å². The van der Waals surface area contributed by atoms with Gasteiger partial charge in [-0.2, -0.15) is 0 Å². The van der Waals surface area contributed by atoms with Crippen molar-refractivity contribution in [2.75, 3.05) is 7.11 Å². The highest BCUT2D eigenvalue weighted by molar-refractivity contribution is 5.55. The molecule has 2 heterocycles. The van der Waals surface area contributed by atoms with Crippen molar-refractivity contribution in [1.29, 1.82) is 0 Å². The Morgan fingerprint density at radius 3 is 2.95 bits per heavy atom. The predicted molar refractivity (Wildman–Crippen MR) is 75.3 cm³/mol. The van der Waals surface area contributed by atoms with Crippen LogP contribution in [0.3, 0.4) is 0 Å². The first-order valence-electron chi connectivity index (χ1n) is 6.28. The van der Waals surface area contributed by atoms with Crippen molar-refractivity contribution < 1.29 is 4.74 Å². The molecule has 0 atom stereocenters. The van der Waals surface area contributed by atoms with Crippen LogP contribution < -0.4 is 4.74 Å². The molecule has 20 heavy (non-hydrogen) atoms. The summed E-state index contributed by atoms with van der Waals surface area (Å²) in [6.07, 6.45) is 5.43. The Labute approximate surface area is 116 Å². The largest absolute Gasteiger partial charge is 0.497 e. The number of rotatable bonds is 4. The van der Waals surface area contributed by atoms with Gasteiger partial charge in [0.1, 0.15) is 11.4 Å². The Kier molecular flexibility index (Phi) is 3.41. The Hall–Kier alpha value is -2.69. The highest BCUT2D eigenvalue weighted by Gasteiger charge is 2.04. The van der Waals surface area contributed by atoms with Crippen LogP contribution in [-0.2, 0) is 6.54 Å². The van der Waals surface area contributed by atoms with Gasteiger partial charge in [0.25, 0.3) is 0 Å². The van der Waals surface area contributed by atoms with Gasteiger partial charge in [-0.3, -0.25) is 4.98 Å². The summed E-state index contributed by atoms with van der Waals surface area (Å²) < 4.78 is 7.02. The van der Waals surface area contributed by atoms with Gasteiger partial charge in [-0.15, -0.1) is 5.10 Å².